The van der Waals surface area contributed by atoms with Gasteiger partial charge in [0.25, 0.3) is 0 Å². The Labute approximate surface area is 121 Å². The second-order valence-corrected chi connectivity index (χ2v) is 4.64. The molecule has 0 aromatic rings. The average molecular weight is 293 g/mol. The van der Waals surface area contributed by atoms with Crippen molar-refractivity contribution in [2.24, 2.45) is 0 Å². The summed E-state index contributed by atoms with van der Waals surface area (Å²) in [6, 6.07) is 0.157. The van der Waals surface area contributed by atoms with Crippen LogP contribution in [0.4, 0.5) is 4.79 Å². The predicted molar refractivity (Wildman–Crippen MR) is 77.6 cm³/mol. The Morgan fingerprint density at radius 2 is 1.89 bits per heavy atom. The van der Waals surface area contributed by atoms with Gasteiger partial charge in [0, 0.05) is 25.7 Å². The normalized spacial score (nSPS) is 16.5. The Bertz CT molecular complexity index is 281. The van der Waals surface area contributed by atoms with Crippen molar-refractivity contribution in [3.63, 3.8) is 0 Å². The van der Waals surface area contributed by atoms with Gasteiger partial charge in [-0.25, -0.2) is 4.79 Å². The molecule has 1 aliphatic heterocycles. The van der Waals surface area contributed by atoms with E-state index in [0.717, 1.165) is 32.4 Å². The molecule has 0 bridgehead atoms. The van der Waals surface area contributed by atoms with E-state index in [4.69, 9.17) is 0 Å². The second kappa shape index (κ2) is 10.00. The van der Waals surface area contributed by atoms with Gasteiger partial charge in [0.1, 0.15) is 0 Å². The van der Waals surface area contributed by atoms with Gasteiger partial charge in [-0.2, -0.15) is 0 Å². The lowest BCUT2D eigenvalue weighted by Gasteiger charge is -2.31. The standard InChI is InChI=1S/C12H24N4O2.ClH/c1-3-6-14-12(18)15-11(17)9-16-7-4-10(13-2)5-8-16;/h10,13H,3-9H2,1-2H3,(H2,14,15,17,18);1H. The minimum Gasteiger partial charge on any atom is -0.338 e. The fourth-order valence-electron chi connectivity index (χ4n) is 2.03. The lowest BCUT2D eigenvalue weighted by Crippen LogP contribution is -2.48. The largest absolute Gasteiger partial charge is 0.338 e. The third kappa shape index (κ3) is 7.34. The molecule has 6 nitrogen and oxygen atoms in total. The third-order valence-corrected chi connectivity index (χ3v) is 3.15. The molecule has 1 aliphatic rings. The Morgan fingerprint density at radius 3 is 2.42 bits per heavy atom. The van der Waals surface area contributed by atoms with Crippen LogP contribution < -0.4 is 16.0 Å². The van der Waals surface area contributed by atoms with Crippen molar-refractivity contribution in [2.75, 3.05) is 33.2 Å². The Balaban J connectivity index is 0.00000324. The van der Waals surface area contributed by atoms with Crippen LogP contribution in [0.25, 0.3) is 0 Å². The highest BCUT2D eigenvalue weighted by molar-refractivity contribution is 5.95. The van der Waals surface area contributed by atoms with E-state index in [0.29, 0.717) is 19.1 Å². The first-order valence-corrected chi connectivity index (χ1v) is 6.63. The van der Waals surface area contributed by atoms with Crippen LogP contribution in [0, 0.1) is 0 Å². The summed E-state index contributed by atoms with van der Waals surface area (Å²) in [6.07, 6.45) is 2.96. The number of carbonyl (C=O) groups is 2. The van der Waals surface area contributed by atoms with Gasteiger partial charge >= 0.3 is 6.03 Å². The number of imide groups is 1. The summed E-state index contributed by atoms with van der Waals surface area (Å²) >= 11 is 0. The highest BCUT2D eigenvalue weighted by atomic mass is 35.5. The highest BCUT2D eigenvalue weighted by Crippen LogP contribution is 2.08. The number of amides is 3. The van der Waals surface area contributed by atoms with Crippen LogP contribution in [0.1, 0.15) is 26.2 Å². The molecule has 1 rings (SSSR count). The quantitative estimate of drug-likeness (QED) is 0.683. The number of carbonyl (C=O) groups excluding carboxylic acids is 2. The molecule has 3 amide bonds. The van der Waals surface area contributed by atoms with Crippen LogP contribution in [0.3, 0.4) is 0 Å². The van der Waals surface area contributed by atoms with Crippen molar-refractivity contribution in [3.8, 4) is 0 Å². The molecule has 0 aromatic carbocycles. The Morgan fingerprint density at radius 1 is 1.26 bits per heavy atom. The summed E-state index contributed by atoms with van der Waals surface area (Å²) < 4.78 is 0. The van der Waals surface area contributed by atoms with E-state index in [1.807, 2.05) is 14.0 Å². The van der Waals surface area contributed by atoms with Crippen molar-refractivity contribution >= 4 is 24.3 Å². The lowest BCUT2D eigenvalue weighted by molar-refractivity contribution is -0.121. The molecule has 3 N–H and O–H groups in total. The van der Waals surface area contributed by atoms with Gasteiger partial charge in [0.2, 0.25) is 5.91 Å². The molecule has 1 fully saturated rings. The lowest BCUT2D eigenvalue weighted by atomic mass is 10.1. The molecule has 1 heterocycles. The molecule has 0 radical (unpaired) electrons. The Hall–Kier alpha value is -0.850. The van der Waals surface area contributed by atoms with E-state index in [2.05, 4.69) is 20.9 Å². The number of urea groups is 1. The topological polar surface area (TPSA) is 73.5 Å². The van der Waals surface area contributed by atoms with Crippen LogP contribution in [-0.2, 0) is 4.79 Å². The smallest absolute Gasteiger partial charge is 0.321 e. The predicted octanol–water partition coefficient (Wildman–Crippen LogP) is 0.328. The maximum atomic E-state index is 11.6. The van der Waals surface area contributed by atoms with Crippen LogP contribution in [0.5, 0.6) is 0 Å². The van der Waals surface area contributed by atoms with Crippen LogP contribution >= 0.6 is 12.4 Å². The molecular weight excluding hydrogens is 268 g/mol. The summed E-state index contributed by atoms with van der Waals surface area (Å²) in [7, 11) is 1.96. The van der Waals surface area contributed by atoms with Crippen molar-refractivity contribution in [1.29, 1.82) is 0 Å². The average Bonchev–Trinajstić information content (AvgIpc) is 2.37. The van der Waals surface area contributed by atoms with E-state index in [1.54, 1.807) is 0 Å². The van der Waals surface area contributed by atoms with E-state index in [-0.39, 0.29) is 18.3 Å². The molecule has 0 aliphatic carbocycles. The van der Waals surface area contributed by atoms with E-state index >= 15 is 0 Å². The van der Waals surface area contributed by atoms with E-state index in [9.17, 15) is 9.59 Å². The number of halogens is 1. The monoisotopic (exact) mass is 292 g/mol. The summed E-state index contributed by atoms with van der Waals surface area (Å²) in [6.45, 7) is 4.65. The number of hydrogen-bond donors (Lipinski definition) is 3. The second-order valence-electron chi connectivity index (χ2n) is 4.64. The molecule has 0 spiro atoms. The van der Waals surface area contributed by atoms with Crippen molar-refractivity contribution in [2.45, 2.75) is 32.2 Å². The summed E-state index contributed by atoms with van der Waals surface area (Å²) in [4.78, 5) is 25.0. The number of rotatable bonds is 5. The molecule has 0 unspecified atom stereocenters. The van der Waals surface area contributed by atoms with Gasteiger partial charge in [-0.15, -0.1) is 12.4 Å². The minimum absolute atomic E-state index is 0. The summed E-state index contributed by atoms with van der Waals surface area (Å²) in [5.41, 5.74) is 0. The van der Waals surface area contributed by atoms with Crippen LogP contribution in [0.15, 0.2) is 0 Å². The molecule has 0 saturated carbocycles. The number of hydrogen-bond acceptors (Lipinski definition) is 4. The zero-order chi connectivity index (χ0) is 13.4. The maximum absolute atomic E-state index is 11.6. The van der Waals surface area contributed by atoms with Crippen molar-refractivity contribution in [3.05, 3.63) is 0 Å². The number of piperidine rings is 1. The van der Waals surface area contributed by atoms with Gasteiger partial charge in [-0.05, 0) is 26.3 Å². The zero-order valence-corrected chi connectivity index (χ0v) is 12.5. The van der Waals surface area contributed by atoms with Gasteiger partial charge in [-0.1, -0.05) is 6.92 Å². The number of likely N-dealkylation sites (tertiary alicyclic amines) is 1. The molecule has 0 atom stereocenters. The first kappa shape index (κ1) is 18.1. The molecule has 1 saturated heterocycles. The minimum atomic E-state index is -0.396. The molecule has 7 heteroatoms. The first-order valence-electron chi connectivity index (χ1n) is 6.63. The zero-order valence-electron chi connectivity index (χ0n) is 11.7. The van der Waals surface area contributed by atoms with E-state index in [1.165, 1.54) is 0 Å². The summed E-state index contributed by atoms with van der Waals surface area (Å²) in [5, 5.41) is 8.20. The fraction of sp³-hybridized carbons (Fsp3) is 0.833. The van der Waals surface area contributed by atoms with Gasteiger partial charge in [0.15, 0.2) is 0 Å². The van der Waals surface area contributed by atoms with Gasteiger partial charge in [-0.3, -0.25) is 15.0 Å². The summed E-state index contributed by atoms with van der Waals surface area (Å²) in [5.74, 6) is -0.230. The van der Waals surface area contributed by atoms with Crippen LogP contribution in [-0.4, -0.2) is 56.1 Å². The first-order chi connectivity index (χ1) is 8.65. The van der Waals surface area contributed by atoms with Crippen molar-refractivity contribution in [1.82, 2.24) is 20.9 Å². The third-order valence-electron chi connectivity index (χ3n) is 3.15. The van der Waals surface area contributed by atoms with Gasteiger partial charge in [0.05, 0.1) is 6.54 Å². The number of nitrogens with zero attached hydrogens (tertiary/aromatic N) is 1. The van der Waals surface area contributed by atoms with E-state index < -0.39 is 6.03 Å². The van der Waals surface area contributed by atoms with Gasteiger partial charge < -0.3 is 10.6 Å². The molecular formula is C12H25ClN4O2. The maximum Gasteiger partial charge on any atom is 0.321 e. The SMILES string of the molecule is CCCNC(=O)NC(=O)CN1CCC(NC)CC1.Cl. The Kier molecular flexibility index (Phi) is 9.55. The fourth-order valence-corrected chi connectivity index (χ4v) is 2.03. The highest BCUT2D eigenvalue weighted by Gasteiger charge is 2.20. The van der Waals surface area contributed by atoms with Crippen molar-refractivity contribution < 1.29 is 9.59 Å². The molecule has 19 heavy (non-hydrogen) atoms. The molecule has 0 aromatic heterocycles. The molecule has 112 valence electrons. The van der Waals surface area contributed by atoms with Crippen LogP contribution in [0.2, 0.25) is 0 Å². The number of nitrogens with one attached hydrogen (secondary N) is 3.